The molecule has 0 N–H and O–H groups in total. The van der Waals surface area contributed by atoms with Crippen molar-refractivity contribution in [2.45, 2.75) is 39.2 Å². The molecule has 0 aliphatic carbocycles. The highest BCUT2D eigenvalue weighted by atomic mass is 35.5. The average molecular weight is 295 g/mol. The largest absolute Gasteiger partial charge is 0.355 e. The summed E-state index contributed by atoms with van der Waals surface area (Å²) in [5.74, 6) is 1.79. The third-order valence-electron chi connectivity index (χ3n) is 5.09. The molecule has 4 nitrogen and oxygen atoms in total. The number of anilines is 1. The maximum atomic E-state index is 6.06. The molecule has 0 spiro atoms. The molecular formula is C15H23ClN4. The van der Waals surface area contributed by atoms with E-state index in [0.29, 0.717) is 5.15 Å². The molecule has 2 aliphatic rings. The van der Waals surface area contributed by atoms with Gasteiger partial charge in [0.05, 0.1) is 0 Å². The van der Waals surface area contributed by atoms with Crippen molar-refractivity contribution in [1.29, 1.82) is 0 Å². The Morgan fingerprint density at radius 1 is 1.10 bits per heavy atom. The minimum absolute atomic E-state index is 0.526. The molecule has 2 saturated heterocycles. The van der Waals surface area contributed by atoms with Crippen molar-refractivity contribution in [3.8, 4) is 0 Å². The Morgan fingerprint density at radius 2 is 1.90 bits per heavy atom. The maximum absolute atomic E-state index is 6.06. The van der Waals surface area contributed by atoms with E-state index >= 15 is 0 Å². The van der Waals surface area contributed by atoms with Crippen LogP contribution in [0.2, 0.25) is 5.15 Å². The molecule has 0 bridgehead atoms. The monoisotopic (exact) mass is 294 g/mol. The zero-order chi connectivity index (χ0) is 14.3. The van der Waals surface area contributed by atoms with Crippen LogP contribution in [0.3, 0.4) is 0 Å². The van der Waals surface area contributed by atoms with Crippen molar-refractivity contribution >= 4 is 17.4 Å². The first-order chi connectivity index (χ1) is 9.58. The lowest BCUT2D eigenvalue weighted by Crippen LogP contribution is -2.53. The second-order valence-corrected chi connectivity index (χ2v) is 6.61. The van der Waals surface area contributed by atoms with Crippen LogP contribution >= 0.6 is 11.6 Å². The first kappa shape index (κ1) is 14.1. The first-order valence-corrected chi connectivity index (χ1v) is 7.90. The molecule has 110 valence electrons. The molecule has 0 saturated carbocycles. The van der Waals surface area contributed by atoms with Gasteiger partial charge in [-0.2, -0.15) is 0 Å². The predicted octanol–water partition coefficient (Wildman–Crippen LogP) is 2.67. The van der Waals surface area contributed by atoms with Gasteiger partial charge in [0, 0.05) is 19.1 Å². The molecule has 2 unspecified atom stereocenters. The van der Waals surface area contributed by atoms with Crippen LogP contribution < -0.4 is 4.90 Å². The lowest BCUT2D eigenvalue weighted by molar-refractivity contribution is 0.102. The van der Waals surface area contributed by atoms with Crippen molar-refractivity contribution in [2.75, 3.05) is 31.6 Å². The number of nitrogens with zero attached hydrogens (tertiary/aromatic N) is 4. The van der Waals surface area contributed by atoms with Crippen LogP contribution in [0, 0.1) is 19.8 Å². The van der Waals surface area contributed by atoms with Gasteiger partial charge in [-0.25, -0.2) is 0 Å². The Bertz CT molecular complexity index is 505. The summed E-state index contributed by atoms with van der Waals surface area (Å²) in [6.07, 6.45) is 3.88. The number of hydrogen-bond donors (Lipinski definition) is 0. The van der Waals surface area contributed by atoms with Crippen molar-refractivity contribution in [3.63, 3.8) is 0 Å². The number of rotatable bonds is 1. The number of piperidine rings is 2. The SMILES string of the molecule is Cc1c(Cl)nnc(N2CCC3C(CCCN3C)C2)c1C. The van der Waals surface area contributed by atoms with Gasteiger partial charge in [0.15, 0.2) is 11.0 Å². The van der Waals surface area contributed by atoms with Crippen molar-refractivity contribution in [1.82, 2.24) is 15.1 Å². The maximum Gasteiger partial charge on any atom is 0.155 e. The molecule has 2 aliphatic heterocycles. The highest BCUT2D eigenvalue weighted by molar-refractivity contribution is 6.30. The van der Waals surface area contributed by atoms with E-state index in [0.717, 1.165) is 36.4 Å². The summed E-state index contributed by atoms with van der Waals surface area (Å²) in [5.41, 5.74) is 2.23. The minimum atomic E-state index is 0.526. The fourth-order valence-electron chi connectivity index (χ4n) is 3.71. The van der Waals surface area contributed by atoms with E-state index < -0.39 is 0 Å². The van der Waals surface area contributed by atoms with Gasteiger partial charge in [-0.05, 0) is 63.7 Å². The molecule has 0 amide bonds. The summed E-state index contributed by atoms with van der Waals surface area (Å²) in [7, 11) is 2.27. The topological polar surface area (TPSA) is 32.3 Å². The van der Waals surface area contributed by atoms with Crippen LogP contribution in [0.5, 0.6) is 0 Å². The summed E-state index contributed by atoms with van der Waals surface area (Å²) in [4.78, 5) is 4.95. The van der Waals surface area contributed by atoms with E-state index in [1.165, 1.54) is 31.4 Å². The third kappa shape index (κ3) is 2.40. The lowest BCUT2D eigenvalue weighted by atomic mass is 9.84. The predicted molar refractivity (Wildman–Crippen MR) is 82.5 cm³/mol. The molecule has 0 radical (unpaired) electrons. The zero-order valence-electron chi connectivity index (χ0n) is 12.6. The van der Waals surface area contributed by atoms with E-state index in [-0.39, 0.29) is 0 Å². The van der Waals surface area contributed by atoms with Gasteiger partial charge in [0.1, 0.15) is 0 Å². The highest BCUT2D eigenvalue weighted by Crippen LogP contribution is 2.33. The molecule has 1 aromatic heterocycles. The van der Waals surface area contributed by atoms with Crippen molar-refractivity contribution in [3.05, 3.63) is 16.3 Å². The van der Waals surface area contributed by atoms with Crippen LogP contribution in [-0.2, 0) is 0 Å². The van der Waals surface area contributed by atoms with Crippen LogP contribution in [0.4, 0.5) is 5.82 Å². The summed E-state index contributed by atoms with van der Waals surface area (Å²) < 4.78 is 0. The van der Waals surface area contributed by atoms with E-state index in [9.17, 15) is 0 Å². The van der Waals surface area contributed by atoms with Gasteiger partial charge < -0.3 is 9.80 Å². The molecular weight excluding hydrogens is 272 g/mol. The number of hydrogen-bond acceptors (Lipinski definition) is 4. The van der Waals surface area contributed by atoms with Gasteiger partial charge >= 0.3 is 0 Å². The van der Waals surface area contributed by atoms with Gasteiger partial charge in [-0.3, -0.25) is 0 Å². The number of halogens is 1. The fraction of sp³-hybridized carbons (Fsp3) is 0.733. The Kier molecular flexibility index (Phi) is 3.87. The smallest absolute Gasteiger partial charge is 0.155 e. The quantitative estimate of drug-likeness (QED) is 0.797. The molecule has 20 heavy (non-hydrogen) atoms. The molecule has 0 aromatic carbocycles. The van der Waals surface area contributed by atoms with Crippen LogP contribution in [-0.4, -0.2) is 47.8 Å². The molecule has 2 fully saturated rings. The second-order valence-electron chi connectivity index (χ2n) is 6.25. The normalized spacial score (nSPS) is 27.5. The Morgan fingerprint density at radius 3 is 2.70 bits per heavy atom. The molecule has 3 rings (SSSR count). The lowest BCUT2D eigenvalue weighted by Gasteiger charge is -2.46. The number of fused-ring (bicyclic) bond motifs is 1. The molecule has 1 aromatic rings. The number of likely N-dealkylation sites (tertiary alicyclic amines) is 1. The van der Waals surface area contributed by atoms with Crippen molar-refractivity contribution in [2.24, 2.45) is 5.92 Å². The number of aromatic nitrogens is 2. The average Bonchev–Trinajstić information content (AvgIpc) is 2.45. The Balaban J connectivity index is 1.81. The van der Waals surface area contributed by atoms with Crippen LogP contribution in [0.1, 0.15) is 30.4 Å². The molecule has 2 atom stereocenters. The van der Waals surface area contributed by atoms with Gasteiger partial charge in [0.2, 0.25) is 0 Å². The van der Waals surface area contributed by atoms with Gasteiger partial charge in [0.25, 0.3) is 0 Å². The van der Waals surface area contributed by atoms with Crippen molar-refractivity contribution < 1.29 is 0 Å². The Labute approximate surface area is 126 Å². The standard InChI is InChI=1S/C15H23ClN4/c1-10-11(2)15(18-17-14(10)16)20-8-6-13-12(9-20)5-4-7-19(13)3/h12-13H,4-9H2,1-3H3. The van der Waals surface area contributed by atoms with Gasteiger partial charge in [-0.15, -0.1) is 10.2 Å². The summed E-state index contributed by atoms with van der Waals surface area (Å²) in [6.45, 7) is 7.55. The third-order valence-corrected chi connectivity index (χ3v) is 5.44. The zero-order valence-corrected chi connectivity index (χ0v) is 13.3. The van der Waals surface area contributed by atoms with E-state index in [2.05, 4.69) is 34.0 Å². The highest BCUT2D eigenvalue weighted by Gasteiger charge is 2.35. The van der Waals surface area contributed by atoms with Crippen LogP contribution in [0.15, 0.2) is 0 Å². The summed E-state index contributed by atoms with van der Waals surface area (Å²) in [6, 6.07) is 0.752. The Hall–Kier alpha value is -0.870. The van der Waals surface area contributed by atoms with Crippen LogP contribution in [0.25, 0.3) is 0 Å². The van der Waals surface area contributed by atoms with E-state index in [1.54, 1.807) is 0 Å². The first-order valence-electron chi connectivity index (χ1n) is 7.52. The molecule has 3 heterocycles. The second kappa shape index (κ2) is 5.49. The fourth-order valence-corrected chi connectivity index (χ4v) is 3.89. The molecule has 5 heteroatoms. The van der Waals surface area contributed by atoms with E-state index in [1.807, 2.05) is 6.92 Å². The minimum Gasteiger partial charge on any atom is -0.355 e. The van der Waals surface area contributed by atoms with Gasteiger partial charge in [-0.1, -0.05) is 11.6 Å². The van der Waals surface area contributed by atoms with E-state index in [4.69, 9.17) is 11.6 Å². The summed E-state index contributed by atoms with van der Waals surface area (Å²) in [5, 5.41) is 8.97. The summed E-state index contributed by atoms with van der Waals surface area (Å²) >= 11 is 6.06.